The van der Waals surface area contributed by atoms with Crippen molar-refractivity contribution in [2.45, 2.75) is 25.8 Å². The molecule has 1 aliphatic heterocycles. The molecule has 0 amide bonds. The Balaban J connectivity index is 1.99. The molecule has 9 heteroatoms. The van der Waals surface area contributed by atoms with Crippen molar-refractivity contribution in [3.05, 3.63) is 6.33 Å². The minimum absolute atomic E-state index is 0.134. The van der Waals surface area contributed by atoms with E-state index < -0.39 is 10.0 Å². The molecule has 3 N–H and O–H groups in total. The van der Waals surface area contributed by atoms with Crippen molar-refractivity contribution in [3.8, 4) is 5.88 Å². The summed E-state index contributed by atoms with van der Waals surface area (Å²) in [7, 11) is -3.11. The first kappa shape index (κ1) is 15.8. The van der Waals surface area contributed by atoms with Gasteiger partial charge in [-0.05, 0) is 19.8 Å². The number of nitrogens with one attached hydrogen (secondary N) is 1. The van der Waals surface area contributed by atoms with E-state index >= 15 is 0 Å². The highest BCUT2D eigenvalue weighted by molar-refractivity contribution is 7.88. The van der Waals surface area contributed by atoms with E-state index in [9.17, 15) is 8.42 Å². The predicted octanol–water partition coefficient (Wildman–Crippen LogP) is 0.293. The number of hydrogen-bond acceptors (Lipinski definition) is 7. The minimum Gasteiger partial charge on any atom is -0.476 e. The number of piperidine rings is 1. The van der Waals surface area contributed by atoms with Gasteiger partial charge >= 0.3 is 0 Å². The van der Waals surface area contributed by atoms with E-state index in [1.165, 1.54) is 16.9 Å². The van der Waals surface area contributed by atoms with Crippen molar-refractivity contribution in [1.82, 2.24) is 14.3 Å². The molecule has 118 valence electrons. The highest BCUT2D eigenvalue weighted by Gasteiger charge is 2.25. The van der Waals surface area contributed by atoms with Crippen LogP contribution in [0.4, 0.5) is 11.5 Å². The van der Waals surface area contributed by atoms with Crippen LogP contribution in [0, 0.1) is 0 Å². The zero-order valence-electron chi connectivity index (χ0n) is 12.2. The fourth-order valence-corrected chi connectivity index (χ4v) is 3.15. The second-order valence-corrected chi connectivity index (χ2v) is 6.94. The van der Waals surface area contributed by atoms with Gasteiger partial charge in [-0.2, -0.15) is 4.98 Å². The normalized spacial score (nSPS) is 17.6. The third-order valence-corrected chi connectivity index (χ3v) is 4.70. The van der Waals surface area contributed by atoms with Gasteiger partial charge in [0.15, 0.2) is 5.82 Å². The molecular formula is C12H21N5O3S. The number of ether oxygens (including phenoxy) is 1. The largest absolute Gasteiger partial charge is 0.476 e. The third-order valence-electron chi connectivity index (χ3n) is 3.39. The predicted molar refractivity (Wildman–Crippen MR) is 80.7 cm³/mol. The zero-order chi connectivity index (χ0) is 15.5. The molecular weight excluding hydrogens is 294 g/mol. The van der Waals surface area contributed by atoms with Crippen LogP contribution in [-0.2, 0) is 10.0 Å². The fraction of sp³-hybridized carbons (Fsp3) is 0.667. The van der Waals surface area contributed by atoms with Crippen molar-refractivity contribution in [3.63, 3.8) is 0 Å². The minimum atomic E-state index is -3.11. The van der Waals surface area contributed by atoms with Crippen LogP contribution >= 0.6 is 0 Å². The molecule has 21 heavy (non-hydrogen) atoms. The van der Waals surface area contributed by atoms with E-state index in [4.69, 9.17) is 10.5 Å². The maximum Gasteiger partial charge on any atom is 0.242 e. The Hall–Kier alpha value is -1.61. The summed E-state index contributed by atoms with van der Waals surface area (Å²) >= 11 is 0. The summed E-state index contributed by atoms with van der Waals surface area (Å²) in [4.78, 5) is 8.10. The van der Waals surface area contributed by atoms with Gasteiger partial charge in [0.05, 0.1) is 12.9 Å². The number of sulfonamides is 1. The molecule has 0 radical (unpaired) electrons. The topological polar surface area (TPSA) is 110 Å². The van der Waals surface area contributed by atoms with Gasteiger partial charge in [-0.3, -0.25) is 0 Å². The van der Waals surface area contributed by atoms with Crippen LogP contribution in [0.5, 0.6) is 5.88 Å². The molecule has 1 saturated heterocycles. The van der Waals surface area contributed by atoms with E-state index in [0.29, 0.717) is 49.9 Å². The van der Waals surface area contributed by atoms with Gasteiger partial charge in [0.2, 0.25) is 15.9 Å². The van der Waals surface area contributed by atoms with Crippen LogP contribution in [0.15, 0.2) is 6.33 Å². The number of nitrogens with two attached hydrogens (primary N) is 1. The monoisotopic (exact) mass is 315 g/mol. The summed E-state index contributed by atoms with van der Waals surface area (Å²) in [6.45, 7) is 3.34. The van der Waals surface area contributed by atoms with Gasteiger partial charge in [-0.1, -0.05) is 0 Å². The standard InChI is InChI=1S/C12H21N5O3S/c1-3-20-12-10(13)11(14-8-15-12)16-9-4-6-17(7-5-9)21(2,18)19/h8-9H,3-7,13H2,1-2H3,(H,14,15,16). The van der Waals surface area contributed by atoms with E-state index in [-0.39, 0.29) is 6.04 Å². The number of rotatable bonds is 5. The van der Waals surface area contributed by atoms with Crippen LogP contribution in [0.3, 0.4) is 0 Å². The lowest BCUT2D eigenvalue weighted by Gasteiger charge is -2.31. The second kappa shape index (κ2) is 6.44. The smallest absolute Gasteiger partial charge is 0.242 e. The average Bonchev–Trinajstić information content (AvgIpc) is 2.43. The van der Waals surface area contributed by atoms with E-state index in [1.807, 2.05) is 6.92 Å². The Bertz CT molecular complexity index is 585. The van der Waals surface area contributed by atoms with Gasteiger partial charge in [-0.15, -0.1) is 0 Å². The number of hydrogen-bond donors (Lipinski definition) is 2. The van der Waals surface area contributed by atoms with Crippen LogP contribution < -0.4 is 15.8 Å². The zero-order valence-corrected chi connectivity index (χ0v) is 13.1. The lowest BCUT2D eigenvalue weighted by atomic mass is 10.1. The van der Waals surface area contributed by atoms with Crippen molar-refractivity contribution < 1.29 is 13.2 Å². The molecule has 1 aromatic heterocycles. The summed E-state index contributed by atoms with van der Waals surface area (Å²) in [6.07, 6.45) is 4.05. The van der Waals surface area contributed by atoms with Crippen molar-refractivity contribution in [2.75, 3.05) is 37.0 Å². The second-order valence-electron chi connectivity index (χ2n) is 4.95. The molecule has 0 atom stereocenters. The molecule has 0 saturated carbocycles. The molecule has 1 aliphatic rings. The summed E-state index contributed by atoms with van der Waals surface area (Å²) in [5.41, 5.74) is 6.34. The maximum atomic E-state index is 11.5. The van der Waals surface area contributed by atoms with Gasteiger partial charge in [-0.25, -0.2) is 17.7 Å². The Labute approximate surface area is 124 Å². The summed E-state index contributed by atoms with van der Waals surface area (Å²) in [5.74, 6) is 0.898. The van der Waals surface area contributed by atoms with Crippen molar-refractivity contribution in [2.24, 2.45) is 0 Å². The van der Waals surface area contributed by atoms with Crippen LogP contribution in [0.25, 0.3) is 0 Å². The lowest BCUT2D eigenvalue weighted by Crippen LogP contribution is -2.42. The quantitative estimate of drug-likeness (QED) is 0.803. The van der Waals surface area contributed by atoms with E-state index in [1.54, 1.807) is 0 Å². The molecule has 0 spiro atoms. The van der Waals surface area contributed by atoms with Crippen LogP contribution in [0.1, 0.15) is 19.8 Å². The Morgan fingerprint density at radius 3 is 2.67 bits per heavy atom. The van der Waals surface area contributed by atoms with Crippen LogP contribution in [-0.4, -0.2) is 54.7 Å². The molecule has 1 aromatic rings. The van der Waals surface area contributed by atoms with Crippen molar-refractivity contribution in [1.29, 1.82) is 0 Å². The summed E-state index contributed by atoms with van der Waals surface area (Å²) in [6, 6.07) is 0.134. The molecule has 2 rings (SSSR count). The molecule has 1 fully saturated rings. The SMILES string of the molecule is CCOc1ncnc(NC2CCN(S(C)(=O)=O)CC2)c1N. The molecule has 0 unspecified atom stereocenters. The number of nitrogen functional groups attached to an aromatic ring is 1. The number of anilines is 2. The Kier molecular flexibility index (Phi) is 4.84. The first-order valence-corrected chi connectivity index (χ1v) is 8.71. The fourth-order valence-electron chi connectivity index (χ4n) is 2.27. The Morgan fingerprint density at radius 2 is 2.10 bits per heavy atom. The maximum absolute atomic E-state index is 11.5. The van der Waals surface area contributed by atoms with Gasteiger partial charge in [0.25, 0.3) is 0 Å². The van der Waals surface area contributed by atoms with E-state index in [2.05, 4.69) is 15.3 Å². The molecule has 0 bridgehead atoms. The highest BCUT2D eigenvalue weighted by atomic mass is 32.2. The summed E-state index contributed by atoms with van der Waals surface area (Å²) in [5, 5.41) is 3.24. The van der Waals surface area contributed by atoms with Crippen molar-refractivity contribution >= 4 is 21.5 Å². The molecule has 2 heterocycles. The average molecular weight is 315 g/mol. The Morgan fingerprint density at radius 1 is 1.43 bits per heavy atom. The van der Waals surface area contributed by atoms with Crippen LogP contribution in [0.2, 0.25) is 0 Å². The molecule has 0 aromatic carbocycles. The number of nitrogens with zero attached hydrogens (tertiary/aromatic N) is 3. The third kappa shape index (κ3) is 3.94. The van der Waals surface area contributed by atoms with E-state index in [0.717, 1.165) is 0 Å². The highest BCUT2D eigenvalue weighted by Crippen LogP contribution is 2.26. The summed E-state index contributed by atoms with van der Waals surface area (Å²) < 4.78 is 29.8. The first-order chi connectivity index (χ1) is 9.91. The molecule has 8 nitrogen and oxygen atoms in total. The first-order valence-electron chi connectivity index (χ1n) is 6.86. The van der Waals surface area contributed by atoms with Gasteiger partial charge < -0.3 is 15.8 Å². The van der Waals surface area contributed by atoms with Gasteiger partial charge in [0.1, 0.15) is 12.0 Å². The lowest BCUT2D eigenvalue weighted by molar-refractivity contribution is 0.327. The number of aromatic nitrogens is 2. The van der Waals surface area contributed by atoms with Gasteiger partial charge in [0, 0.05) is 19.1 Å². The molecule has 0 aliphatic carbocycles.